The minimum Gasteiger partial charge on any atom is -0.333 e. The van der Waals surface area contributed by atoms with Gasteiger partial charge in [0.2, 0.25) is 0 Å². The number of nitrogens with zero attached hydrogens (tertiary/aromatic N) is 3. The quantitative estimate of drug-likeness (QED) is 0.325. The van der Waals surface area contributed by atoms with Gasteiger partial charge in [-0.25, -0.2) is 0 Å². The van der Waals surface area contributed by atoms with Gasteiger partial charge in [0.15, 0.2) is 5.17 Å². The second-order valence-electron chi connectivity index (χ2n) is 10.3. The molecule has 1 fully saturated rings. The molecule has 0 spiro atoms. The first-order valence-corrected chi connectivity index (χ1v) is 14.0. The lowest BCUT2D eigenvalue weighted by atomic mass is 9.65. The van der Waals surface area contributed by atoms with E-state index >= 15 is 0 Å². The van der Waals surface area contributed by atoms with E-state index in [0.717, 1.165) is 34.4 Å². The number of aliphatic imine (C=N–C) groups is 1. The number of carbonyl (C=O) groups excluding carboxylic acids is 1. The third-order valence-corrected chi connectivity index (χ3v) is 9.84. The van der Waals surface area contributed by atoms with E-state index in [0.29, 0.717) is 11.6 Å². The van der Waals surface area contributed by atoms with Gasteiger partial charge in [-0.2, -0.15) is 0 Å². The molecule has 1 N–H and O–H groups in total. The molecule has 8 heteroatoms. The van der Waals surface area contributed by atoms with Crippen LogP contribution < -0.4 is 5.32 Å². The largest absolute Gasteiger partial charge is 0.333 e. The molecule has 0 aromatic heterocycles. The van der Waals surface area contributed by atoms with Crippen molar-refractivity contribution in [1.29, 1.82) is 0 Å². The van der Waals surface area contributed by atoms with E-state index in [1.54, 1.807) is 0 Å². The Hall–Kier alpha value is -1.47. The number of allylic oxidation sites excluding steroid dienone is 1. The normalized spacial score (nSPS) is 26.8. The summed E-state index contributed by atoms with van der Waals surface area (Å²) in [6.07, 6.45) is 1.94. The minimum atomic E-state index is -0.608. The summed E-state index contributed by atoms with van der Waals surface area (Å²) in [4.78, 5) is 24.3. The van der Waals surface area contributed by atoms with Gasteiger partial charge in [0, 0.05) is 41.1 Å². The summed E-state index contributed by atoms with van der Waals surface area (Å²) >= 11 is 14.6. The Morgan fingerprint density at radius 2 is 2.00 bits per heavy atom. The standard InChI is InChI=1S/C27H36Cl2N4OS/c1-8-26(6,17(5)28)27(7)23(18-10-12-19(29)13-11-18)33-21(16(3)4)22(35-25(33)31-27)24(34)32(9-2)20-14-30-15-20/h8,10-13,16-17,20,23,30H,1,9,14-15H2,2-7H3/t17-,23-,26?,27?/m1/s1. The number of benzene rings is 1. The zero-order valence-corrected chi connectivity index (χ0v) is 23.8. The predicted molar refractivity (Wildman–Crippen MR) is 149 cm³/mol. The topological polar surface area (TPSA) is 47.9 Å². The van der Waals surface area contributed by atoms with Crippen molar-refractivity contribution in [1.82, 2.24) is 15.1 Å². The molecule has 1 aromatic carbocycles. The Bertz CT molecular complexity index is 1070. The molecule has 0 aliphatic carbocycles. The highest BCUT2D eigenvalue weighted by Crippen LogP contribution is 2.59. The SMILES string of the molecule is C=CC(C)([C@@H](C)Cl)C1(C)N=C2SC(C(=O)N(CC)C3CNC3)=C(C(C)C)N2[C@@H]1c1ccc(Cl)cc1. The highest BCUT2D eigenvalue weighted by atomic mass is 35.5. The van der Waals surface area contributed by atoms with Gasteiger partial charge in [0.25, 0.3) is 5.91 Å². The van der Waals surface area contributed by atoms with Crippen LogP contribution in [0, 0.1) is 11.3 Å². The van der Waals surface area contributed by atoms with E-state index in [4.69, 9.17) is 28.2 Å². The molecule has 190 valence electrons. The zero-order chi connectivity index (χ0) is 25.7. The highest BCUT2D eigenvalue weighted by Gasteiger charge is 2.60. The molecule has 4 rings (SSSR count). The lowest BCUT2D eigenvalue weighted by Gasteiger charge is -2.47. The van der Waals surface area contributed by atoms with Crippen LogP contribution in [-0.2, 0) is 4.79 Å². The fourth-order valence-corrected chi connectivity index (χ4v) is 7.23. The smallest absolute Gasteiger partial charge is 0.262 e. The molecule has 1 amide bonds. The average Bonchev–Trinajstić information content (AvgIpc) is 3.28. The van der Waals surface area contributed by atoms with Gasteiger partial charge >= 0.3 is 0 Å². The number of fused-ring (bicyclic) bond motifs is 1. The van der Waals surface area contributed by atoms with Gasteiger partial charge in [0.05, 0.1) is 17.6 Å². The van der Waals surface area contributed by atoms with Crippen LogP contribution >= 0.6 is 35.0 Å². The molecule has 3 heterocycles. The van der Waals surface area contributed by atoms with Crippen LogP contribution in [0.25, 0.3) is 0 Å². The van der Waals surface area contributed by atoms with Crippen LogP contribution in [0.4, 0.5) is 0 Å². The van der Waals surface area contributed by atoms with Gasteiger partial charge in [-0.1, -0.05) is 50.6 Å². The van der Waals surface area contributed by atoms with Crippen molar-refractivity contribution in [2.45, 2.75) is 64.5 Å². The number of rotatable bonds is 8. The second-order valence-corrected chi connectivity index (χ2v) is 12.4. The number of amidine groups is 1. The molecular formula is C27H36Cl2N4OS. The molecule has 0 radical (unpaired) electrons. The van der Waals surface area contributed by atoms with E-state index in [1.807, 2.05) is 30.0 Å². The van der Waals surface area contributed by atoms with Gasteiger partial charge < -0.3 is 15.1 Å². The Balaban J connectivity index is 1.87. The van der Waals surface area contributed by atoms with Gasteiger partial charge in [-0.15, -0.1) is 18.2 Å². The van der Waals surface area contributed by atoms with Crippen molar-refractivity contribution in [3.05, 3.63) is 58.1 Å². The van der Waals surface area contributed by atoms with Crippen LogP contribution in [0.3, 0.4) is 0 Å². The minimum absolute atomic E-state index is 0.0959. The summed E-state index contributed by atoms with van der Waals surface area (Å²) < 4.78 is 0. The summed E-state index contributed by atoms with van der Waals surface area (Å²) in [5, 5.41) is 4.62. The van der Waals surface area contributed by atoms with Gasteiger partial charge in [-0.05, 0) is 56.1 Å². The molecule has 0 bridgehead atoms. The highest BCUT2D eigenvalue weighted by molar-refractivity contribution is 8.18. The van der Waals surface area contributed by atoms with Crippen molar-refractivity contribution in [2.75, 3.05) is 19.6 Å². The van der Waals surface area contributed by atoms with Crippen LogP contribution in [0.2, 0.25) is 5.02 Å². The summed E-state index contributed by atoms with van der Waals surface area (Å²) in [5.74, 6) is 0.228. The van der Waals surface area contributed by atoms with Crippen molar-refractivity contribution in [2.24, 2.45) is 16.3 Å². The van der Waals surface area contributed by atoms with E-state index in [1.165, 1.54) is 11.8 Å². The van der Waals surface area contributed by atoms with Gasteiger partial charge in [0.1, 0.15) is 4.91 Å². The van der Waals surface area contributed by atoms with Crippen molar-refractivity contribution < 1.29 is 4.79 Å². The molecule has 3 aliphatic rings. The average molecular weight is 536 g/mol. The third-order valence-electron chi connectivity index (χ3n) is 8.08. The fraction of sp³-hybridized carbons (Fsp3) is 0.556. The van der Waals surface area contributed by atoms with Crippen molar-refractivity contribution >= 4 is 46.0 Å². The molecule has 5 nitrogen and oxygen atoms in total. The van der Waals surface area contributed by atoms with Gasteiger partial charge in [-0.3, -0.25) is 9.79 Å². The van der Waals surface area contributed by atoms with Crippen LogP contribution in [0.5, 0.6) is 0 Å². The maximum Gasteiger partial charge on any atom is 0.262 e. The number of amides is 1. The fourth-order valence-electron chi connectivity index (χ4n) is 5.43. The Morgan fingerprint density at radius 1 is 1.37 bits per heavy atom. The molecule has 2 unspecified atom stereocenters. The molecular weight excluding hydrogens is 499 g/mol. The zero-order valence-electron chi connectivity index (χ0n) is 21.4. The molecule has 35 heavy (non-hydrogen) atoms. The molecule has 3 aliphatic heterocycles. The number of alkyl halides is 1. The summed E-state index contributed by atoms with van der Waals surface area (Å²) in [6, 6.07) is 8.04. The first-order chi connectivity index (χ1) is 16.5. The van der Waals surface area contributed by atoms with E-state index in [-0.39, 0.29) is 29.3 Å². The van der Waals surface area contributed by atoms with Crippen LogP contribution in [0.15, 0.2) is 52.5 Å². The number of halogens is 2. The second kappa shape index (κ2) is 9.77. The number of nitrogens with one attached hydrogen (secondary N) is 1. The van der Waals surface area contributed by atoms with Crippen LogP contribution in [-0.4, -0.2) is 57.5 Å². The molecule has 1 saturated heterocycles. The van der Waals surface area contributed by atoms with Crippen molar-refractivity contribution in [3.8, 4) is 0 Å². The Kier molecular flexibility index (Phi) is 7.42. The number of likely N-dealkylation sites (N-methyl/N-ethyl adjacent to an activating group) is 1. The first-order valence-electron chi connectivity index (χ1n) is 12.4. The summed E-state index contributed by atoms with van der Waals surface area (Å²) in [5.41, 5.74) is 1.00. The van der Waals surface area contributed by atoms with E-state index < -0.39 is 11.0 Å². The number of hydrogen-bond donors (Lipinski definition) is 1. The maximum absolute atomic E-state index is 13.9. The monoisotopic (exact) mass is 534 g/mol. The lowest BCUT2D eigenvalue weighted by Crippen LogP contribution is -2.59. The van der Waals surface area contributed by atoms with E-state index in [9.17, 15) is 4.79 Å². The first kappa shape index (κ1) is 26.6. The third kappa shape index (κ3) is 4.14. The van der Waals surface area contributed by atoms with E-state index in [2.05, 4.69) is 63.5 Å². The molecule has 1 aromatic rings. The van der Waals surface area contributed by atoms with Crippen molar-refractivity contribution in [3.63, 3.8) is 0 Å². The number of carbonyl (C=O) groups is 1. The molecule has 4 atom stereocenters. The Morgan fingerprint density at radius 3 is 2.46 bits per heavy atom. The van der Waals surface area contributed by atoms with Crippen LogP contribution in [0.1, 0.15) is 53.1 Å². The molecule has 0 saturated carbocycles. The number of hydrogen-bond acceptors (Lipinski definition) is 5. The Labute approximate surface area is 224 Å². The maximum atomic E-state index is 13.9. The lowest BCUT2D eigenvalue weighted by molar-refractivity contribution is -0.129. The number of thioether (sulfide) groups is 1. The predicted octanol–water partition coefficient (Wildman–Crippen LogP) is 6.07. The summed E-state index contributed by atoms with van der Waals surface area (Å²) in [6.45, 7) is 19.2. The summed E-state index contributed by atoms with van der Waals surface area (Å²) in [7, 11) is 0.